The Balaban J connectivity index is 1.98. The number of aromatic nitrogens is 3. The van der Waals surface area contributed by atoms with Gasteiger partial charge in [0.05, 0.1) is 19.2 Å². The molecule has 0 aliphatic carbocycles. The van der Waals surface area contributed by atoms with Crippen molar-refractivity contribution in [3.8, 4) is 0 Å². The normalized spacial score (nSPS) is 21.2. The fourth-order valence-electron chi connectivity index (χ4n) is 2.35. The molecular weight excluding hydrogens is 258 g/mol. The molecule has 2 atom stereocenters. The van der Waals surface area contributed by atoms with Crippen LogP contribution in [0.4, 0.5) is 0 Å². The zero-order valence-electron chi connectivity index (χ0n) is 12.3. The van der Waals surface area contributed by atoms with Gasteiger partial charge in [0.25, 0.3) is 0 Å². The van der Waals surface area contributed by atoms with E-state index in [2.05, 4.69) is 29.0 Å². The van der Waals surface area contributed by atoms with Crippen molar-refractivity contribution in [2.24, 2.45) is 11.7 Å². The third-order valence-corrected chi connectivity index (χ3v) is 3.32. The Morgan fingerprint density at radius 3 is 2.95 bits per heavy atom. The molecule has 1 aromatic rings. The molecule has 7 heteroatoms. The van der Waals surface area contributed by atoms with E-state index in [1.165, 1.54) is 0 Å². The van der Waals surface area contributed by atoms with E-state index in [4.69, 9.17) is 10.5 Å². The maximum absolute atomic E-state index is 12.3. The number of hydrogen-bond donors (Lipinski definition) is 2. The summed E-state index contributed by atoms with van der Waals surface area (Å²) in [6.07, 6.45) is 0.421. The molecule has 1 aliphatic heterocycles. The van der Waals surface area contributed by atoms with Crippen LogP contribution in [0.3, 0.4) is 0 Å². The number of aromatic amines is 1. The van der Waals surface area contributed by atoms with Gasteiger partial charge in [-0.05, 0) is 19.3 Å². The highest BCUT2D eigenvalue weighted by Gasteiger charge is 2.30. The Labute approximate surface area is 118 Å². The SMILES string of the molecule is Cc1nc(C2CN(C(=O)[C@@H](N)CC(C)C)CCO2)n[nH]1. The van der Waals surface area contributed by atoms with Crippen LogP contribution in [-0.4, -0.2) is 51.7 Å². The highest BCUT2D eigenvalue weighted by atomic mass is 16.5. The first-order chi connectivity index (χ1) is 9.47. The van der Waals surface area contributed by atoms with Crippen LogP contribution in [0.5, 0.6) is 0 Å². The summed E-state index contributed by atoms with van der Waals surface area (Å²) in [6, 6.07) is -0.442. The third-order valence-electron chi connectivity index (χ3n) is 3.32. The molecule has 1 aliphatic rings. The summed E-state index contributed by atoms with van der Waals surface area (Å²) in [6.45, 7) is 7.48. The van der Waals surface area contributed by atoms with Crippen molar-refractivity contribution < 1.29 is 9.53 Å². The largest absolute Gasteiger partial charge is 0.366 e. The van der Waals surface area contributed by atoms with Crippen LogP contribution >= 0.6 is 0 Å². The lowest BCUT2D eigenvalue weighted by atomic mass is 10.0. The summed E-state index contributed by atoms with van der Waals surface area (Å²) < 4.78 is 5.64. The summed E-state index contributed by atoms with van der Waals surface area (Å²) in [5, 5.41) is 6.89. The molecule has 0 radical (unpaired) electrons. The third kappa shape index (κ3) is 3.55. The van der Waals surface area contributed by atoms with Crippen molar-refractivity contribution in [1.29, 1.82) is 0 Å². The van der Waals surface area contributed by atoms with Gasteiger partial charge in [-0.3, -0.25) is 9.89 Å². The summed E-state index contributed by atoms with van der Waals surface area (Å²) in [4.78, 5) is 18.3. The Kier molecular flexibility index (Phi) is 4.72. The number of nitrogens with one attached hydrogen (secondary N) is 1. The van der Waals surface area contributed by atoms with Crippen molar-refractivity contribution in [3.63, 3.8) is 0 Å². The number of H-pyrrole nitrogens is 1. The van der Waals surface area contributed by atoms with Crippen LogP contribution in [0.1, 0.15) is 38.0 Å². The summed E-state index contributed by atoms with van der Waals surface area (Å²) in [5.74, 6) is 1.72. The van der Waals surface area contributed by atoms with Gasteiger partial charge in [0, 0.05) is 6.54 Å². The molecule has 1 fully saturated rings. The minimum absolute atomic E-state index is 0.0146. The van der Waals surface area contributed by atoms with Gasteiger partial charge in [-0.15, -0.1) is 0 Å². The maximum Gasteiger partial charge on any atom is 0.239 e. The van der Waals surface area contributed by atoms with E-state index in [0.29, 0.717) is 37.9 Å². The molecule has 0 spiro atoms. The minimum atomic E-state index is -0.442. The molecule has 0 aromatic carbocycles. The van der Waals surface area contributed by atoms with Crippen LogP contribution < -0.4 is 5.73 Å². The second-order valence-corrected chi connectivity index (χ2v) is 5.66. The molecular formula is C13H23N5O2. The van der Waals surface area contributed by atoms with Crippen molar-refractivity contribution in [2.45, 2.75) is 39.3 Å². The number of carbonyl (C=O) groups excluding carboxylic acids is 1. The number of amides is 1. The Hall–Kier alpha value is -1.47. The number of nitrogens with zero attached hydrogens (tertiary/aromatic N) is 3. The highest BCUT2D eigenvalue weighted by molar-refractivity contribution is 5.81. The predicted molar refractivity (Wildman–Crippen MR) is 73.8 cm³/mol. The summed E-state index contributed by atoms with van der Waals surface area (Å²) in [7, 11) is 0. The number of ether oxygens (including phenoxy) is 1. The molecule has 2 heterocycles. The van der Waals surface area contributed by atoms with Crippen molar-refractivity contribution in [1.82, 2.24) is 20.1 Å². The molecule has 1 saturated heterocycles. The molecule has 7 nitrogen and oxygen atoms in total. The van der Waals surface area contributed by atoms with Crippen LogP contribution in [0.25, 0.3) is 0 Å². The molecule has 2 rings (SSSR count). The fraction of sp³-hybridized carbons (Fsp3) is 0.769. The van der Waals surface area contributed by atoms with Crippen molar-refractivity contribution >= 4 is 5.91 Å². The number of hydrogen-bond acceptors (Lipinski definition) is 5. The zero-order chi connectivity index (χ0) is 14.7. The maximum atomic E-state index is 12.3. The van der Waals surface area contributed by atoms with Gasteiger partial charge in [0.1, 0.15) is 11.9 Å². The lowest BCUT2D eigenvalue weighted by Gasteiger charge is -2.33. The van der Waals surface area contributed by atoms with Gasteiger partial charge in [0.2, 0.25) is 5.91 Å². The zero-order valence-corrected chi connectivity index (χ0v) is 12.3. The number of morpholine rings is 1. The average Bonchev–Trinajstić information content (AvgIpc) is 2.84. The van der Waals surface area contributed by atoms with E-state index in [1.807, 2.05) is 6.92 Å². The lowest BCUT2D eigenvalue weighted by molar-refractivity contribution is -0.141. The van der Waals surface area contributed by atoms with Crippen LogP contribution in [0.15, 0.2) is 0 Å². The lowest BCUT2D eigenvalue weighted by Crippen LogP contribution is -2.49. The van der Waals surface area contributed by atoms with Gasteiger partial charge in [0.15, 0.2) is 5.82 Å². The summed E-state index contributed by atoms with van der Waals surface area (Å²) in [5.41, 5.74) is 5.97. The first-order valence-corrected chi connectivity index (χ1v) is 7.02. The predicted octanol–water partition coefficient (Wildman–Crippen LogP) is 0.386. The van der Waals surface area contributed by atoms with Crippen LogP contribution in [-0.2, 0) is 9.53 Å². The van der Waals surface area contributed by atoms with Gasteiger partial charge >= 0.3 is 0 Å². The molecule has 0 bridgehead atoms. The second kappa shape index (κ2) is 6.32. The molecule has 20 heavy (non-hydrogen) atoms. The minimum Gasteiger partial charge on any atom is -0.366 e. The fourth-order valence-corrected chi connectivity index (χ4v) is 2.35. The first kappa shape index (κ1) is 14.9. The molecule has 1 unspecified atom stereocenters. The van der Waals surface area contributed by atoms with Crippen molar-refractivity contribution in [2.75, 3.05) is 19.7 Å². The topological polar surface area (TPSA) is 97.1 Å². The van der Waals surface area contributed by atoms with E-state index in [-0.39, 0.29) is 12.0 Å². The number of aryl methyl sites for hydroxylation is 1. The number of rotatable bonds is 4. The van der Waals surface area contributed by atoms with Crippen molar-refractivity contribution in [3.05, 3.63) is 11.6 Å². The van der Waals surface area contributed by atoms with E-state index in [0.717, 1.165) is 5.82 Å². The quantitative estimate of drug-likeness (QED) is 0.832. The summed E-state index contributed by atoms with van der Waals surface area (Å²) >= 11 is 0. The second-order valence-electron chi connectivity index (χ2n) is 5.66. The van der Waals surface area contributed by atoms with Gasteiger partial charge in [-0.1, -0.05) is 13.8 Å². The van der Waals surface area contributed by atoms with E-state index in [9.17, 15) is 4.79 Å². The number of nitrogens with two attached hydrogens (primary N) is 1. The van der Waals surface area contributed by atoms with E-state index >= 15 is 0 Å². The molecule has 112 valence electrons. The Morgan fingerprint density at radius 1 is 1.60 bits per heavy atom. The Morgan fingerprint density at radius 2 is 2.35 bits per heavy atom. The molecule has 3 N–H and O–H groups in total. The van der Waals surface area contributed by atoms with Gasteiger partial charge < -0.3 is 15.4 Å². The van der Waals surface area contributed by atoms with Gasteiger partial charge in [-0.25, -0.2) is 4.98 Å². The van der Waals surface area contributed by atoms with E-state index in [1.54, 1.807) is 4.90 Å². The highest BCUT2D eigenvalue weighted by Crippen LogP contribution is 2.20. The standard InChI is InChI=1S/C13H23N5O2/c1-8(2)6-10(14)13(19)18-4-5-20-11(7-18)12-15-9(3)16-17-12/h8,10-11H,4-7,14H2,1-3H3,(H,15,16,17)/t10-,11?/m0/s1. The molecule has 1 amide bonds. The van der Waals surface area contributed by atoms with Crippen LogP contribution in [0, 0.1) is 12.8 Å². The number of carbonyl (C=O) groups is 1. The van der Waals surface area contributed by atoms with Crippen LogP contribution in [0.2, 0.25) is 0 Å². The Bertz CT molecular complexity index is 459. The first-order valence-electron chi connectivity index (χ1n) is 7.02. The molecule has 0 saturated carbocycles. The smallest absolute Gasteiger partial charge is 0.239 e. The monoisotopic (exact) mass is 281 g/mol. The molecule has 1 aromatic heterocycles. The van der Waals surface area contributed by atoms with Gasteiger partial charge in [-0.2, -0.15) is 5.10 Å². The van der Waals surface area contributed by atoms with E-state index < -0.39 is 6.04 Å². The average molecular weight is 281 g/mol.